The van der Waals surface area contributed by atoms with Crippen molar-refractivity contribution < 1.29 is 72.9 Å². The number of rotatable bonds is 40. The second kappa shape index (κ2) is 35.5. The van der Waals surface area contributed by atoms with Crippen molar-refractivity contribution in [1.82, 2.24) is 37.2 Å². The monoisotopic (exact) mass is 900 g/mol. The molecule has 23 heteroatoms. The summed E-state index contributed by atoms with van der Waals surface area (Å²) in [6, 6.07) is 4.52. The van der Waals surface area contributed by atoms with Crippen molar-refractivity contribution >= 4 is 47.2 Å². The van der Waals surface area contributed by atoms with Crippen molar-refractivity contribution in [3.8, 4) is 0 Å². The highest BCUT2D eigenvalue weighted by Gasteiger charge is 2.25. The van der Waals surface area contributed by atoms with Crippen LogP contribution in [0.3, 0.4) is 0 Å². The Morgan fingerprint density at radius 2 is 1.11 bits per heavy atom. The number of aliphatic hydroxyl groups is 1. The smallest absolute Gasteiger partial charge is 0.326 e. The van der Waals surface area contributed by atoms with Gasteiger partial charge in [0.05, 0.1) is 39.6 Å². The second-order valence-corrected chi connectivity index (χ2v) is 14.1. The van der Waals surface area contributed by atoms with E-state index in [1.165, 1.54) is 7.05 Å². The number of nitrogens with one attached hydrogen (secondary N) is 8. The summed E-state index contributed by atoms with van der Waals surface area (Å²) >= 11 is 0. The molecule has 0 saturated carbocycles. The fourth-order valence-corrected chi connectivity index (χ4v) is 5.39. The van der Waals surface area contributed by atoms with Crippen LogP contribution < -0.4 is 42.5 Å². The zero-order valence-corrected chi connectivity index (χ0v) is 36.2. The van der Waals surface area contributed by atoms with Gasteiger partial charge in [0, 0.05) is 57.8 Å². The molecule has 358 valence electrons. The minimum atomic E-state index is -1.46. The highest BCUT2D eigenvalue weighted by molar-refractivity contribution is 5.86. The van der Waals surface area contributed by atoms with Crippen LogP contribution in [-0.4, -0.2) is 179 Å². The molecule has 0 radical (unpaired) electrons. The number of hydrogen-bond donors (Lipinski definition) is 12. The number of aliphatic carboxylic acids is 3. The van der Waals surface area contributed by atoms with Crippen LogP contribution in [0.5, 0.6) is 0 Å². The van der Waals surface area contributed by atoms with Gasteiger partial charge in [0.15, 0.2) is 0 Å². The van der Waals surface area contributed by atoms with Gasteiger partial charge in [0.25, 0.3) is 0 Å². The predicted octanol–water partition coefficient (Wildman–Crippen LogP) is -2.04. The molecule has 4 unspecified atom stereocenters. The van der Waals surface area contributed by atoms with E-state index in [0.29, 0.717) is 19.6 Å². The Morgan fingerprint density at radius 1 is 0.571 bits per heavy atom. The van der Waals surface area contributed by atoms with E-state index in [2.05, 4.69) is 49.5 Å². The van der Waals surface area contributed by atoms with Gasteiger partial charge >= 0.3 is 17.9 Å². The maximum Gasteiger partial charge on any atom is 0.326 e. The third-order valence-corrected chi connectivity index (χ3v) is 8.85. The lowest BCUT2D eigenvalue weighted by Crippen LogP contribution is -2.45. The molecule has 0 aliphatic heterocycles. The summed E-state index contributed by atoms with van der Waals surface area (Å²) in [5.74, 6) is -5.95. The molecule has 0 fully saturated rings. The molecule has 1 aromatic carbocycles. The van der Waals surface area contributed by atoms with Crippen molar-refractivity contribution in [3.05, 3.63) is 29.8 Å². The minimum Gasteiger partial charge on any atom is -0.480 e. The highest BCUT2D eigenvalue weighted by Crippen LogP contribution is 2.09. The number of carboxylic acid groups (broad SMARTS) is 3. The van der Waals surface area contributed by atoms with Crippen molar-refractivity contribution in [3.63, 3.8) is 0 Å². The molecule has 23 nitrogen and oxygen atoms in total. The first-order valence-corrected chi connectivity index (χ1v) is 21.0. The average molecular weight is 901 g/mol. The molecule has 1 aromatic rings. The molecule has 0 aliphatic carbocycles. The third-order valence-electron chi connectivity index (χ3n) is 8.85. The molecule has 0 heterocycles. The zero-order valence-electron chi connectivity index (χ0n) is 36.2. The molecule has 1 rings (SSSR count). The largest absolute Gasteiger partial charge is 0.480 e. The molecule has 0 bridgehead atoms. The lowest BCUT2D eigenvalue weighted by Gasteiger charge is -2.19. The molecule has 63 heavy (non-hydrogen) atoms. The van der Waals surface area contributed by atoms with E-state index < -0.39 is 67.1 Å². The maximum atomic E-state index is 12.5. The second-order valence-electron chi connectivity index (χ2n) is 14.1. The third kappa shape index (κ3) is 29.8. The Morgan fingerprint density at radius 3 is 1.73 bits per heavy atom. The Balaban J connectivity index is 2.13. The number of carboxylic acids is 3. The van der Waals surface area contributed by atoms with Crippen LogP contribution in [0.4, 0.5) is 5.69 Å². The summed E-state index contributed by atoms with van der Waals surface area (Å²) in [5, 5.41) is 60.1. The molecule has 0 aliphatic rings. The van der Waals surface area contributed by atoms with Gasteiger partial charge in [-0.3, -0.25) is 29.3 Å². The number of benzene rings is 1. The highest BCUT2D eigenvalue weighted by atomic mass is 16.5. The molecule has 12 N–H and O–H groups in total. The van der Waals surface area contributed by atoms with Crippen LogP contribution in [0.1, 0.15) is 57.4 Å². The summed E-state index contributed by atoms with van der Waals surface area (Å²) in [5.41, 5.74) is 2.22. The molecular weight excluding hydrogens is 832 g/mol. The normalized spacial score (nSPS) is 12.9. The van der Waals surface area contributed by atoms with Crippen molar-refractivity contribution in [2.45, 2.75) is 82.8 Å². The first kappa shape index (κ1) is 56.0. The fourth-order valence-electron chi connectivity index (χ4n) is 5.39. The van der Waals surface area contributed by atoms with Gasteiger partial charge in [-0.1, -0.05) is 19.1 Å². The Bertz CT molecular complexity index is 1490. The summed E-state index contributed by atoms with van der Waals surface area (Å²) in [4.78, 5) is 82.8. The Labute approximate surface area is 367 Å². The van der Waals surface area contributed by atoms with Crippen LogP contribution in [0, 0.1) is 0 Å². The van der Waals surface area contributed by atoms with Crippen molar-refractivity contribution in [2.24, 2.45) is 0 Å². The van der Waals surface area contributed by atoms with Crippen molar-refractivity contribution in [2.75, 3.05) is 97.9 Å². The number of amides is 4. The number of ether oxygens (including phenoxy) is 4. The maximum absolute atomic E-state index is 12.5. The summed E-state index contributed by atoms with van der Waals surface area (Å²) in [6.45, 7) is 5.28. The SMILES string of the molecule is CCCNc1ccc(CNCCNC(=O)COCCOCCNC(O)CCC(NC(=O)CCC(NC(=O)COCCOCCNC(=O)CCC(NC)C(=O)O)C(=O)O)C(=O)O)cc1. The van der Waals surface area contributed by atoms with Crippen LogP contribution in [0.25, 0.3) is 0 Å². The molecule has 0 aromatic heterocycles. The number of hydrogen-bond acceptors (Lipinski definition) is 16. The molecule has 0 spiro atoms. The first-order valence-electron chi connectivity index (χ1n) is 21.0. The van der Waals surface area contributed by atoms with Crippen LogP contribution in [-0.2, 0) is 59.1 Å². The van der Waals surface area contributed by atoms with Gasteiger partial charge in [-0.05, 0) is 56.8 Å². The van der Waals surface area contributed by atoms with Crippen LogP contribution >= 0.6 is 0 Å². The average Bonchev–Trinajstić information content (AvgIpc) is 3.24. The molecular formula is C40H68N8O15. The van der Waals surface area contributed by atoms with E-state index in [1.54, 1.807) is 0 Å². The van der Waals surface area contributed by atoms with E-state index >= 15 is 0 Å². The van der Waals surface area contributed by atoms with Gasteiger partial charge in [-0.15, -0.1) is 0 Å². The number of carbonyl (C=O) groups excluding carboxylic acids is 4. The van der Waals surface area contributed by atoms with Crippen molar-refractivity contribution in [1.29, 1.82) is 0 Å². The van der Waals surface area contributed by atoms with E-state index in [-0.39, 0.29) is 103 Å². The molecule has 4 amide bonds. The van der Waals surface area contributed by atoms with Gasteiger partial charge < -0.3 is 76.6 Å². The Hall–Kier alpha value is -5.01. The van der Waals surface area contributed by atoms with E-state index in [9.17, 15) is 48.9 Å². The topological polar surface area (TPSA) is 334 Å². The summed E-state index contributed by atoms with van der Waals surface area (Å²) in [6.07, 6.45) is -0.861. The van der Waals surface area contributed by atoms with E-state index in [1.807, 2.05) is 24.3 Å². The number of carbonyl (C=O) groups is 7. The van der Waals surface area contributed by atoms with E-state index in [4.69, 9.17) is 24.1 Å². The van der Waals surface area contributed by atoms with Gasteiger partial charge in [-0.25, -0.2) is 9.59 Å². The van der Waals surface area contributed by atoms with Crippen LogP contribution in [0.2, 0.25) is 0 Å². The summed E-state index contributed by atoms with van der Waals surface area (Å²) in [7, 11) is 1.49. The van der Waals surface area contributed by atoms with Gasteiger partial charge in [0.2, 0.25) is 23.6 Å². The lowest BCUT2D eigenvalue weighted by molar-refractivity contribution is -0.144. The zero-order chi connectivity index (χ0) is 46.7. The summed E-state index contributed by atoms with van der Waals surface area (Å²) < 4.78 is 21.2. The minimum absolute atomic E-state index is 0.0154. The predicted molar refractivity (Wildman–Crippen MR) is 228 cm³/mol. The first-order chi connectivity index (χ1) is 30.2. The molecule has 4 atom stereocenters. The van der Waals surface area contributed by atoms with Crippen LogP contribution in [0.15, 0.2) is 24.3 Å². The quantitative estimate of drug-likeness (QED) is 0.0249. The number of aliphatic hydroxyl groups excluding tert-OH is 1. The lowest BCUT2D eigenvalue weighted by atomic mass is 10.1. The van der Waals surface area contributed by atoms with E-state index in [0.717, 1.165) is 24.2 Å². The number of likely N-dealkylation sites (N-methyl/N-ethyl adjacent to an activating group) is 1. The fraction of sp³-hybridized carbons (Fsp3) is 0.675. The van der Waals surface area contributed by atoms with Gasteiger partial charge in [-0.2, -0.15) is 0 Å². The molecule has 0 saturated heterocycles. The Kier molecular flexibility index (Phi) is 31.5. The standard InChI is InChI=1S/C40H68N8O15/c1-3-14-43-29-6-4-28(5-7-29)25-42-15-16-44-36(52)26-62-23-21-60-20-18-46-34(50)12-9-31(39(56)57)47-35(51)13-10-32(40(58)59)48-37(53)27-63-24-22-61-19-17-45-33(49)11-8-30(41-2)38(54)55/h4-7,30-32,34,41-43,46,50H,3,8-27H2,1-2H3,(H,44,52)(H,45,49)(H,47,51)(H,48,53)(H,54,55)(H,56,57)(H,58,59). The number of anilines is 1. The van der Waals surface area contributed by atoms with Gasteiger partial charge in [0.1, 0.15) is 37.6 Å².